The van der Waals surface area contributed by atoms with Crippen molar-refractivity contribution in [1.29, 1.82) is 0 Å². The van der Waals surface area contributed by atoms with Gasteiger partial charge in [-0.3, -0.25) is 0 Å². The summed E-state index contributed by atoms with van der Waals surface area (Å²) >= 11 is 0. The average molecular weight is 305 g/mol. The molecule has 0 saturated carbocycles. The van der Waals surface area contributed by atoms with E-state index in [1.54, 1.807) is 0 Å². The van der Waals surface area contributed by atoms with Crippen LogP contribution in [0.25, 0.3) is 0 Å². The minimum atomic E-state index is -2.51. The third-order valence-corrected chi connectivity index (χ3v) is 6.31. The molecule has 0 atom stereocenters. The summed E-state index contributed by atoms with van der Waals surface area (Å²) < 4.78 is 23.6. The monoisotopic (exact) mass is 304 g/mol. The summed E-state index contributed by atoms with van der Waals surface area (Å²) in [6.45, 7) is 12.5. The lowest BCUT2D eigenvalue weighted by Gasteiger charge is -2.40. The summed E-state index contributed by atoms with van der Waals surface area (Å²) in [7, 11) is -2.51. The highest BCUT2D eigenvalue weighted by molar-refractivity contribution is 6.60. The Morgan fingerprint density at radius 2 is 1.35 bits per heavy atom. The molecule has 1 aliphatic heterocycles. The van der Waals surface area contributed by atoms with E-state index in [1.165, 1.54) is 0 Å². The van der Waals surface area contributed by atoms with Gasteiger partial charge in [0, 0.05) is 31.3 Å². The predicted octanol–water partition coefficient (Wildman–Crippen LogP) is 3.63. The van der Waals surface area contributed by atoms with Crippen molar-refractivity contribution >= 4 is 8.80 Å². The van der Waals surface area contributed by atoms with E-state index in [0.29, 0.717) is 5.41 Å². The predicted molar refractivity (Wildman–Crippen MR) is 82.8 cm³/mol. The second-order valence-electron chi connectivity index (χ2n) is 6.03. The first kappa shape index (κ1) is 18.1. The van der Waals surface area contributed by atoms with E-state index < -0.39 is 8.80 Å². The Bertz CT molecular complexity index is 234. The van der Waals surface area contributed by atoms with E-state index >= 15 is 0 Å². The molecule has 0 aromatic carbocycles. The van der Waals surface area contributed by atoms with Gasteiger partial charge in [-0.1, -0.05) is 27.7 Å². The van der Waals surface area contributed by atoms with E-state index in [1.807, 2.05) is 0 Å². The Kier molecular flexibility index (Phi) is 8.29. The third-order valence-electron chi connectivity index (χ3n) is 3.51. The molecule has 20 heavy (non-hydrogen) atoms. The van der Waals surface area contributed by atoms with Crippen molar-refractivity contribution in [3.63, 3.8) is 0 Å². The largest absolute Gasteiger partial charge is 0.500 e. The highest BCUT2D eigenvalue weighted by Gasteiger charge is 2.44. The molecule has 4 nitrogen and oxygen atoms in total. The first-order valence-corrected chi connectivity index (χ1v) is 10.0. The number of rotatable bonds is 12. The minimum absolute atomic E-state index is 0.291. The zero-order chi connectivity index (χ0) is 14.9. The smallest absolute Gasteiger partial charge is 0.380 e. The zero-order valence-electron chi connectivity index (χ0n) is 13.7. The SMILES string of the molecule is CCCO[Si](CCC1(C)COC1)(OCCC)OCCC. The van der Waals surface area contributed by atoms with Gasteiger partial charge < -0.3 is 18.0 Å². The Balaban J connectivity index is 2.59. The molecule has 0 unspecified atom stereocenters. The molecule has 120 valence electrons. The number of hydrogen-bond acceptors (Lipinski definition) is 4. The standard InChI is InChI=1S/C15H32O4Si/c1-5-9-17-20(18-10-6-2,19-11-7-3)12-8-15(4)13-16-14-15/h5-14H2,1-4H3. The summed E-state index contributed by atoms with van der Waals surface area (Å²) in [6, 6.07) is 0.910. The normalized spacial score (nSPS) is 18.0. The van der Waals surface area contributed by atoms with Crippen LogP contribution >= 0.6 is 0 Å². The van der Waals surface area contributed by atoms with Crippen LogP contribution in [0.1, 0.15) is 53.4 Å². The molecular weight excluding hydrogens is 272 g/mol. The molecule has 1 saturated heterocycles. The molecule has 1 fully saturated rings. The van der Waals surface area contributed by atoms with Gasteiger partial charge >= 0.3 is 8.80 Å². The van der Waals surface area contributed by atoms with Crippen LogP contribution in [-0.4, -0.2) is 41.8 Å². The Hall–Kier alpha value is 0.0569. The van der Waals surface area contributed by atoms with Crippen LogP contribution < -0.4 is 0 Å². The van der Waals surface area contributed by atoms with Crippen molar-refractivity contribution in [2.75, 3.05) is 33.0 Å². The second-order valence-corrected chi connectivity index (χ2v) is 8.76. The maximum atomic E-state index is 6.10. The fourth-order valence-electron chi connectivity index (χ4n) is 2.16. The van der Waals surface area contributed by atoms with Gasteiger partial charge in [-0.25, -0.2) is 0 Å². The van der Waals surface area contributed by atoms with Crippen molar-refractivity contribution in [2.45, 2.75) is 59.4 Å². The van der Waals surface area contributed by atoms with E-state index in [9.17, 15) is 0 Å². The quantitative estimate of drug-likeness (QED) is 0.516. The van der Waals surface area contributed by atoms with Gasteiger partial charge in [0.1, 0.15) is 0 Å². The summed E-state index contributed by atoms with van der Waals surface area (Å²) in [5, 5.41) is 0. The maximum absolute atomic E-state index is 6.10. The molecule has 0 amide bonds. The van der Waals surface area contributed by atoms with Crippen LogP contribution in [0.2, 0.25) is 6.04 Å². The third kappa shape index (κ3) is 5.82. The Morgan fingerprint density at radius 3 is 1.65 bits per heavy atom. The Labute approximate surface area is 125 Å². The molecule has 1 aliphatic rings. The molecule has 1 rings (SSSR count). The van der Waals surface area contributed by atoms with E-state index in [-0.39, 0.29) is 0 Å². The Morgan fingerprint density at radius 1 is 0.900 bits per heavy atom. The van der Waals surface area contributed by atoms with E-state index in [0.717, 1.165) is 64.8 Å². The van der Waals surface area contributed by atoms with E-state index in [4.69, 9.17) is 18.0 Å². The molecule has 0 aromatic rings. The lowest BCUT2D eigenvalue weighted by Crippen LogP contribution is -2.49. The lowest BCUT2D eigenvalue weighted by molar-refractivity contribution is -0.105. The number of ether oxygens (including phenoxy) is 1. The highest BCUT2D eigenvalue weighted by Crippen LogP contribution is 2.35. The topological polar surface area (TPSA) is 36.9 Å². The van der Waals surface area contributed by atoms with Gasteiger partial charge in [0.2, 0.25) is 0 Å². The maximum Gasteiger partial charge on any atom is 0.500 e. The number of hydrogen-bond donors (Lipinski definition) is 0. The van der Waals surface area contributed by atoms with Gasteiger partial charge in [0.05, 0.1) is 13.2 Å². The van der Waals surface area contributed by atoms with Gasteiger partial charge in [-0.05, 0) is 25.7 Å². The van der Waals surface area contributed by atoms with Gasteiger partial charge in [-0.15, -0.1) is 0 Å². The van der Waals surface area contributed by atoms with Crippen molar-refractivity contribution in [1.82, 2.24) is 0 Å². The molecule has 0 aromatic heterocycles. The molecular formula is C15H32O4Si. The van der Waals surface area contributed by atoms with Crippen LogP contribution in [0.15, 0.2) is 0 Å². The minimum Gasteiger partial charge on any atom is -0.380 e. The van der Waals surface area contributed by atoms with Crippen LogP contribution in [0, 0.1) is 5.41 Å². The molecule has 0 bridgehead atoms. The first-order chi connectivity index (χ1) is 9.60. The highest BCUT2D eigenvalue weighted by atomic mass is 28.4. The van der Waals surface area contributed by atoms with Gasteiger partial charge in [-0.2, -0.15) is 0 Å². The first-order valence-electron chi connectivity index (χ1n) is 8.09. The molecule has 0 aliphatic carbocycles. The molecule has 1 heterocycles. The van der Waals surface area contributed by atoms with Crippen molar-refractivity contribution in [2.24, 2.45) is 5.41 Å². The van der Waals surface area contributed by atoms with Crippen molar-refractivity contribution in [3.8, 4) is 0 Å². The summed E-state index contributed by atoms with van der Waals surface area (Å²) in [5.74, 6) is 0. The second kappa shape index (κ2) is 9.15. The molecule has 0 N–H and O–H groups in total. The molecule has 0 spiro atoms. The van der Waals surface area contributed by atoms with Crippen LogP contribution in [0.5, 0.6) is 0 Å². The molecule has 5 heteroatoms. The summed E-state index contributed by atoms with van der Waals surface area (Å²) in [6.07, 6.45) is 4.07. The van der Waals surface area contributed by atoms with Crippen LogP contribution in [0.4, 0.5) is 0 Å². The zero-order valence-corrected chi connectivity index (χ0v) is 14.7. The van der Waals surface area contributed by atoms with Crippen LogP contribution in [-0.2, 0) is 18.0 Å². The average Bonchev–Trinajstić information content (AvgIpc) is 2.44. The molecule has 0 radical (unpaired) electrons. The lowest BCUT2D eigenvalue weighted by atomic mass is 9.86. The van der Waals surface area contributed by atoms with Crippen molar-refractivity contribution < 1.29 is 18.0 Å². The summed E-state index contributed by atoms with van der Waals surface area (Å²) in [5.41, 5.74) is 0.291. The fourth-order valence-corrected chi connectivity index (χ4v) is 5.30. The van der Waals surface area contributed by atoms with Gasteiger partial charge in [0.25, 0.3) is 0 Å². The van der Waals surface area contributed by atoms with Crippen LogP contribution in [0.3, 0.4) is 0 Å². The fraction of sp³-hybridized carbons (Fsp3) is 1.00. The summed E-state index contributed by atoms with van der Waals surface area (Å²) in [4.78, 5) is 0. The van der Waals surface area contributed by atoms with Crippen molar-refractivity contribution in [3.05, 3.63) is 0 Å². The van der Waals surface area contributed by atoms with E-state index in [2.05, 4.69) is 27.7 Å². The van der Waals surface area contributed by atoms with Gasteiger partial charge in [0.15, 0.2) is 0 Å².